The first-order valence-electron chi connectivity index (χ1n) is 9.22. The lowest BCUT2D eigenvalue weighted by Crippen LogP contribution is -2.28. The van der Waals surface area contributed by atoms with Gasteiger partial charge in [-0.25, -0.2) is 0 Å². The number of fused-ring (bicyclic) bond motifs is 1. The highest BCUT2D eigenvalue weighted by molar-refractivity contribution is 6.13. The topological polar surface area (TPSA) is 83.2 Å². The zero-order valence-corrected chi connectivity index (χ0v) is 14.6. The molecule has 6 nitrogen and oxygen atoms in total. The molecular weight excluding hydrogens is 330 g/mol. The first-order valence-corrected chi connectivity index (χ1v) is 9.22. The first-order chi connectivity index (χ1) is 12.7. The Bertz CT molecular complexity index is 804. The number of rotatable bonds is 5. The van der Waals surface area contributed by atoms with Crippen LogP contribution < -0.4 is 15.4 Å². The summed E-state index contributed by atoms with van der Waals surface area (Å²) < 4.78 is 5.79. The van der Waals surface area contributed by atoms with Crippen LogP contribution in [0.1, 0.15) is 52.1 Å². The fourth-order valence-corrected chi connectivity index (χ4v) is 3.64. The van der Waals surface area contributed by atoms with Crippen molar-refractivity contribution in [1.29, 1.82) is 0 Å². The van der Waals surface area contributed by atoms with E-state index in [-0.39, 0.29) is 11.7 Å². The van der Waals surface area contributed by atoms with Crippen LogP contribution in [0.4, 0.5) is 5.69 Å². The van der Waals surface area contributed by atoms with E-state index in [9.17, 15) is 9.59 Å². The van der Waals surface area contributed by atoms with Crippen LogP contribution in [0.5, 0.6) is 5.75 Å². The molecule has 1 amide bonds. The third-order valence-electron chi connectivity index (χ3n) is 5.04. The lowest BCUT2D eigenvalue weighted by Gasteiger charge is -2.13. The summed E-state index contributed by atoms with van der Waals surface area (Å²) in [5.74, 6) is 0.564. The van der Waals surface area contributed by atoms with E-state index in [2.05, 4.69) is 15.6 Å². The highest BCUT2D eigenvalue weighted by Gasteiger charge is 2.25. The minimum Gasteiger partial charge on any atom is -0.492 e. The molecule has 0 bridgehead atoms. The Kier molecular flexibility index (Phi) is 4.75. The summed E-state index contributed by atoms with van der Waals surface area (Å²) in [6.45, 7) is 1.72. The minimum atomic E-state index is -0.262. The Labute approximate surface area is 152 Å². The highest BCUT2D eigenvalue weighted by Crippen LogP contribution is 2.25. The van der Waals surface area contributed by atoms with E-state index >= 15 is 0 Å². The van der Waals surface area contributed by atoms with Crippen LogP contribution in [0, 0.1) is 0 Å². The molecule has 4 rings (SSSR count). The fourth-order valence-electron chi connectivity index (χ4n) is 3.64. The second-order valence-corrected chi connectivity index (χ2v) is 6.92. The summed E-state index contributed by atoms with van der Waals surface area (Å²) in [6.07, 6.45) is 6.14. The zero-order valence-electron chi connectivity index (χ0n) is 14.6. The van der Waals surface area contributed by atoms with Gasteiger partial charge >= 0.3 is 0 Å². The van der Waals surface area contributed by atoms with Gasteiger partial charge < -0.3 is 20.4 Å². The van der Waals surface area contributed by atoms with Gasteiger partial charge in [0, 0.05) is 30.0 Å². The van der Waals surface area contributed by atoms with Gasteiger partial charge in [0.05, 0.1) is 11.1 Å². The lowest BCUT2D eigenvalue weighted by atomic mass is 9.93. The Morgan fingerprint density at radius 2 is 2.04 bits per heavy atom. The zero-order chi connectivity index (χ0) is 17.9. The Balaban J connectivity index is 1.39. The van der Waals surface area contributed by atoms with Crippen LogP contribution in [0.2, 0.25) is 0 Å². The van der Waals surface area contributed by atoms with E-state index in [0.717, 1.165) is 37.3 Å². The summed E-state index contributed by atoms with van der Waals surface area (Å²) in [7, 11) is 0. The van der Waals surface area contributed by atoms with Gasteiger partial charge in [-0.15, -0.1) is 0 Å². The van der Waals surface area contributed by atoms with Crippen LogP contribution >= 0.6 is 0 Å². The number of ether oxygens (including phenoxy) is 1. The molecule has 1 saturated heterocycles. The maximum Gasteiger partial charge on any atom is 0.257 e. The minimum absolute atomic E-state index is 0.0434. The van der Waals surface area contributed by atoms with Crippen molar-refractivity contribution < 1.29 is 14.3 Å². The summed E-state index contributed by atoms with van der Waals surface area (Å²) in [5.41, 5.74) is 2.53. The Hall–Kier alpha value is -2.60. The summed E-state index contributed by atoms with van der Waals surface area (Å²) in [4.78, 5) is 27.8. The van der Waals surface area contributed by atoms with Crippen LogP contribution in [-0.4, -0.2) is 35.9 Å². The SMILES string of the molecule is O=C(Nc1ccc(OCC2CCCN2)cc1)c1c[nH]c2c1C(=O)CCC2. The van der Waals surface area contributed by atoms with Gasteiger partial charge in [0.25, 0.3) is 5.91 Å². The second-order valence-electron chi connectivity index (χ2n) is 6.92. The molecule has 0 radical (unpaired) electrons. The average molecular weight is 353 g/mol. The average Bonchev–Trinajstić information content (AvgIpc) is 3.31. The van der Waals surface area contributed by atoms with Gasteiger partial charge in [-0.1, -0.05) is 0 Å². The quantitative estimate of drug-likeness (QED) is 0.772. The van der Waals surface area contributed by atoms with E-state index in [1.165, 1.54) is 6.42 Å². The molecule has 1 fully saturated rings. The summed E-state index contributed by atoms with van der Waals surface area (Å²) in [6, 6.07) is 7.75. The maximum absolute atomic E-state index is 12.6. The number of carbonyl (C=O) groups is 2. The summed E-state index contributed by atoms with van der Waals surface area (Å²) >= 11 is 0. The third-order valence-corrected chi connectivity index (χ3v) is 5.04. The number of aromatic nitrogens is 1. The van der Waals surface area contributed by atoms with E-state index in [1.807, 2.05) is 24.3 Å². The molecule has 1 atom stereocenters. The van der Waals surface area contributed by atoms with Crippen molar-refractivity contribution in [3.05, 3.63) is 47.3 Å². The van der Waals surface area contributed by atoms with E-state index in [0.29, 0.717) is 35.9 Å². The molecule has 26 heavy (non-hydrogen) atoms. The number of aryl methyl sites for hydroxylation is 1. The van der Waals surface area contributed by atoms with Crippen LogP contribution in [0.3, 0.4) is 0 Å². The van der Waals surface area contributed by atoms with Crippen molar-refractivity contribution in [2.45, 2.75) is 38.1 Å². The molecule has 2 aliphatic rings. The highest BCUT2D eigenvalue weighted by atomic mass is 16.5. The van der Waals surface area contributed by atoms with Gasteiger partial charge in [0.2, 0.25) is 0 Å². The Morgan fingerprint density at radius 1 is 1.19 bits per heavy atom. The number of H-pyrrole nitrogens is 1. The van der Waals surface area contributed by atoms with Gasteiger partial charge in [-0.05, 0) is 56.5 Å². The van der Waals surface area contributed by atoms with Crippen molar-refractivity contribution in [3.63, 3.8) is 0 Å². The number of aromatic amines is 1. The molecule has 136 valence electrons. The fraction of sp³-hybridized carbons (Fsp3) is 0.400. The Morgan fingerprint density at radius 3 is 2.81 bits per heavy atom. The van der Waals surface area contributed by atoms with Gasteiger partial charge in [0.1, 0.15) is 12.4 Å². The van der Waals surface area contributed by atoms with Crippen molar-refractivity contribution >= 4 is 17.4 Å². The molecule has 2 heterocycles. The normalized spacial score (nSPS) is 19.2. The number of carbonyl (C=O) groups excluding carboxylic acids is 2. The number of amides is 1. The second kappa shape index (κ2) is 7.33. The number of hydrogen-bond acceptors (Lipinski definition) is 4. The molecule has 0 spiro atoms. The number of ketones is 1. The van der Waals surface area contributed by atoms with Crippen molar-refractivity contribution in [2.75, 3.05) is 18.5 Å². The monoisotopic (exact) mass is 353 g/mol. The standard InChI is InChI=1S/C20H23N3O3/c24-18-5-1-4-17-19(18)16(11-22-17)20(25)23-13-6-8-15(9-7-13)26-12-14-3-2-10-21-14/h6-9,11,14,21-22H,1-5,10,12H2,(H,23,25). The molecule has 6 heteroatoms. The smallest absolute Gasteiger partial charge is 0.257 e. The number of nitrogens with one attached hydrogen (secondary N) is 3. The molecule has 1 aliphatic heterocycles. The van der Waals surface area contributed by atoms with Crippen LogP contribution in [0.25, 0.3) is 0 Å². The largest absolute Gasteiger partial charge is 0.492 e. The first kappa shape index (κ1) is 16.8. The predicted octanol–water partition coefficient (Wildman–Crippen LogP) is 2.92. The molecule has 1 aromatic heterocycles. The van der Waals surface area contributed by atoms with Crippen molar-refractivity contribution in [1.82, 2.24) is 10.3 Å². The molecule has 1 aromatic carbocycles. The van der Waals surface area contributed by atoms with Crippen molar-refractivity contribution in [2.24, 2.45) is 0 Å². The van der Waals surface area contributed by atoms with Crippen LogP contribution in [-0.2, 0) is 6.42 Å². The number of anilines is 1. The van der Waals surface area contributed by atoms with Gasteiger partial charge in [-0.3, -0.25) is 9.59 Å². The molecule has 1 aliphatic carbocycles. The third kappa shape index (κ3) is 3.51. The van der Waals surface area contributed by atoms with Gasteiger partial charge in [0.15, 0.2) is 5.78 Å². The predicted molar refractivity (Wildman–Crippen MR) is 99.0 cm³/mol. The number of Topliss-reactive ketones (excluding diaryl/α,β-unsaturated/α-hetero) is 1. The molecule has 3 N–H and O–H groups in total. The molecular formula is C20H23N3O3. The van der Waals surface area contributed by atoms with E-state index in [1.54, 1.807) is 6.20 Å². The number of hydrogen-bond donors (Lipinski definition) is 3. The van der Waals surface area contributed by atoms with E-state index in [4.69, 9.17) is 4.74 Å². The summed E-state index contributed by atoms with van der Waals surface area (Å²) in [5, 5.41) is 6.26. The number of benzene rings is 1. The van der Waals surface area contributed by atoms with Crippen molar-refractivity contribution in [3.8, 4) is 5.75 Å². The molecule has 2 aromatic rings. The van der Waals surface area contributed by atoms with E-state index < -0.39 is 0 Å². The molecule has 0 saturated carbocycles. The van der Waals surface area contributed by atoms with Gasteiger partial charge in [-0.2, -0.15) is 0 Å². The lowest BCUT2D eigenvalue weighted by molar-refractivity contribution is 0.0956. The van der Waals surface area contributed by atoms with Crippen LogP contribution in [0.15, 0.2) is 30.5 Å². The maximum atomic E-state index is 12.6. The molecule has 1 unspecified atom stereocenters.